The van der Waals surface area contributed by atoms with Crippen molar-refractivity contribution in [2.75, 3.05) is 12.4 Å². The molecule has 0 spiro atoms. The number of hydrogen-bond acceptors (Lipinski definition) is 4. The molecule has 1 fully saturated rings. The number of rotatable bonds is 4. The van der Waals surface area contributed by atoms with Crippen molar-refractivity contribution in [2.24, 2.45) is 0 Å². The largest absolute Gasteiger partial charge is 0.493 e. The smallest absolute Gasteiger partial charge is 0.146 e. The quantitative estimate of drug-likeness (QED) is 0.843. The second-order valence-corrected chi connectivity index (χ2v) is 8.87. The molecular formula is C17H22O2S2. The second kappa shape index (κ2) is 6.66. The van der Waals surface area contributed by atoms with Gasteiger partial charge in [-0.2, -0.15) is 11.8 Å². The molecule has 2 nitrogen and oxygen atoms in total. The van der Waals surface area contributed by atoms with Crippen molar-refractivity contribution in [1.29, 1.82) is 0 Å². The van der Waals surface area contributed by atoms with Crippen molar-refractivity contribution in [1.82, 2.24) is 0 Å². The van der Waals surface area contributed by atoms with E-state index in [2.05, 4.69) is 32.0 Å². The van der Waals surface area contributed by atoms with Gasteiger partial charge in [0.15, 0.2) is 0 Å². The van der Waals surface area contributed by atoms with Gasteiger partial charge in [-0.15, -0.1) is 11.8 Å². The normalized spacial score (nSPS) is 28.0. The zero-order chi connectivity index (χ0) is 14.8. The number of fused-ring (bicyclic) bond motifs is 1. The minimum absolute atomic E-state index is 0.193. The summed E-state index contributed by atoms with van der Waals surface area (Å²) in [6.45, 7) is 5.29. The Labute approximate surface area is 135 Å². The Morgan fingerprint density at radius 1 is 1.33 bits per heavy atom. The highest BCUT2D eigenvalue weighted by Crippen LogP contribution is 2.36. The van der Waals surface area contributed by atoms with Crippen LogP contribution in [0.1, 0.15) is 31.4 Å². The Hall–Kier alpha value is -0.610. The van der Waals surface area contributed by atoms with Gasteiger partial charge >= 0.3 is 0 Å². The molecule has 1 aromatic rings. The first-order valence-corrected chi connectivity index (χ1v) is 9.67. The van der Waals surface area contributed by atoms with E-state index in [9.17, 15) is 4.79 Å². The molecule has 3 unspecified atom stereocenters. The van der Waals surface area contributed by atoms with Gasteiger partial charge in [0.05, 0.1) is 11.9 Å². The van der Waals surface area contributed by atoms with Gasteiger partial charge in [-0.05, 0) is 23.6 Å². The van der Waals surface area contributed by atoms with E-state index in [1.165, 1.54) is 11.1 Å². The van der Waals surface area contributed by atoms with Crippen LogP contribution in [-0.2, 0) is 17.6 Å². The molecule has 3 rings (SSSR count). The molecule has 0 aliphatic carbocycles. The molecule has 0 bridgehead atoms. The average molecular weight is 322 g/mol. The van der Waals surface area contributed by atoms with E-state index in [1.54, 1.807) is 0 Å². The summed E-state index contributed by atoms with van der Waals surface area (Å²) in [6.07, 6.45) is 2.53. The van der Waals surface area contributed by atoms with Gasteiger partial charge in [0.25, 0.3) is 0 Å². The summed E-state index contributed by atoms with van der Waals surface area (Å²) in [7, 11) is 0. The van der Waals surface area contributed by atoms with Gasteiger partial charge in [0, 0.05) is 29.1 Å². The van der Waals surface area contributed by atoms with Crippen molar-refractivity contribution in [3.05, 3.63) is 29.3 Å². The van der Waals surface area contributed by atoms with E-state index in [0.717, 1.165) is 31.0 Å². The Kier molecular flexibility index (Phi) is 4.85. The van der Waals surface area contributed by atoms with Gasteiger partial charge in [-0.25, -0.2) is 0 Å². The van der Waals surface area contributed by atoms with Crippen LogP contribution in [0, 0.1) is 0 Å². The fourth-order valence-corrected chi connectivity index (χ4v) is 5.70. The average Bonchev–Trinajstić information content (AvgIpc) is 2.95. The first-order chi connectivity index (χ1) is 10.1. The van der Waals surface area contributed by atoms with Gasteiger partial charge in [-0.1, -0.05) is 26.0 Å². The lowest BCUT2D eigenvalue weighted by molar-refractivity contribution is -0.118. The first-order valence-electron chi connectivity index (χ1n) is 7.68. The molecule has 1 aromatic carbocycles. The molecule has 0 aromatic heterocycles. The number of ether oxygens (including phenoxy) is 1. The van der Waals surface area contributed by atoms with E-state index in [-0.39, 0.29) is 5.25 Å². The number of carbonyl (C=O) groups is 1. The van der Waals surface area contributed by atoms with E-state index < -0.39 is 0 Å². The lowest BCUT2D eigenvalue weighted by Gasteiger charge is -2.30. The zero-order valence-electron chi connectivity index (χ0n) is 12.6. The Morgan fingerprint density at radius 2 is 2.19 bits per heavy atom. The number of carbonyl (C=O) groups excluding carboxylic acids is 1. The SMILES string of the molecule is CC1SCC(C(=O)CCc2ccc3c(c2)CCO3)SC1C. The molecule has 21 heavy (non-hydrogen) atoms. The molecule has 0 radical (unpaired) electrons. The van der Waals surface area contributed by atoms with Gasteiger partial charge < -0.3 is 4.74 Å². The topological polar surface area (TPSA) is 26.3 Å². The summed E-state index contributed by atoms with van der Waals surface area (Å²) < 4.78 is 5.52. The maximum absolute atomic E-state index is 12.4. The van der Waals surface area contributed by atoms with Gasteiger partial charge in [0.1, 0.15) is 11.5 Å². The Balaban J connectivity index is 1.54. The van der Waals surface area contributed by atoms with Crippen LogP contribution < -0.4 is 4.74 Å². The molecule has 0 amide bonds. The molecule has 3 atom stereocenters. The maximum atomic E-state index is 12.4. The summed E-state index contributed by atoms with van der Waals surface area (Å²) in [5.74, 6) is 2.42. The molecule has 4 heteroatoms. The number of aryl methyl sites for hydroxylation is 1. The fraction of sp³-hybridized carbons (Fsp3) is 0.588. The van der Waals surface area contributed by atoms with E-state index in [4.69, 9.17) is 4.74 Å². The van der Waals surface area contributed by atoms with Crippen LogP contribution in [-0.4, -0.2) is 33.9 Å². The molecule has 1 saturated heterocycles. The lowest BCUT2D eigenvalue weighted by Crippen LogP contribution is -2.31. The third kappa shape index (κ3) is 3.59. The van der Waals surface area contributed by atoms with Crippen molar-refractivity contribution in [3.8, 4) is 5.75 Å². The molecular weight excluding hydrogens is 300 g/mol. The zero-order valence-corrected chi connectivity index (χ0v) is 14.3. The lowest BCUT2D eigenvalue weighted by atomic mass is 10.0. The third-order valence-electron chi connectivity index (χ3n) is 4.32. The molecule has 114 valence electrons. The third-order valence-corrected chi connectivity index (χ3v) is 7.76. The van der Waals surface area contributed by atoms with Gasteiger partial charge in [-0.3, -0.25) is 4.79 Å². The van der Waals surface area contributed by atoms with E-state index in [0.29, 0.717) is 22.7 Å². The predicted molar refractivity (Wildman–Crippen MR) is 91.7 cm³/mol. The minimum atomic E-state index is 0.193. The monoisotopic (exact) mass is 322 g/mol. The van der Waals surface area contributed by atoms with E-state index >= 15 is 0 Å². The first kappa shape index (κ1) is 15.3. The van der Waals surface area contributed by atoms with Crippen LogP contribution in [0.25, 0.3) is 0 Å². The van der Waals surface area contributed by atoms with E-state index in [1.807, 2.05) is 23.5 Å². The number of thioether (sulfide) groups is 2. The Morgan fingerprint density at radius 3 is 3.00 bits per heavy atom. The van der Waals surface area contributed by atoms with Crippen LogP contribution in [0.3, 0.4) is 0 Å². The molecule has 2 heterocycles. The minimum Gasteiger partial charge on any atom is -0.493 e. The highest BCUT2D eigenvalue weighted by atomic mass is 32.2. The summed E-state index contributed by atoms with van der Waals surface area (Å²) >= 11 is 3.81. The van der Waals surface area contributed by atoms with Gasteiger partial charge in [0.2, 0.25) is 0 Å². The van der Waals surface area contributed by atoms with Crippen LogP contribution in [0.2, 0.25) is 0 Å². The molecule has 0 N–H and O–H groups in total. The predicted octanol–water partition coefficient (Wildman–Crippen LogP) is 3.75. The second-order valence-electron chi connectivity index (χ2n) is 5.88. The van der Waals surface area contributed by atoms with Crippen molar-refractivity contribution < 1.29 is 9.53 Å². The molecule has 2 aliphatic rings. The number of ketones is 1. The van der Waals surface area contributed by atoms with Crippen LogP contribution in [0.4, 0.5) is 0 Å². The van der Waals surface area contributed by atoms with Crippen LogP contribution >= 0.6 is 23.5 Å². The molecule has 0 saturated carbocycles. The fourth-order valence-electron chi connectivity index (χ4n) is 2.78. The summed E-state index contributed by atoms with van der Waals surface area (Å²) in [4.78, 5) is 12.4. The van der Waals surface area contributed by atoms with Crippen LogP contribution in [0.15, 0.2) is 18.2 Å². The number of Topliss-reactive ketones (excluding diaryl/α,β-unsaturated/α-hetero) is 1. The molecule has 2 aliphatic heterocycles. The highest BCUT2D eigenvalue weighted by Gasteiger charge is 2.29. The summed E-state index contributed by atoms with van der Waals surface area (Å²) in [6, 6.07) is 6.37. The van der Waals surface area contributed by atoms with Crippen molar-refractivity contribution in [3.63, 3.8) is 0 Å². The number of hydrogen-bond donors (Lipinski definition) is 0. The number of benzene rings is 1. The summed E-state index contributed by atoms with van der Waals surface area (Å²) in [5.41, 5.74) is 2.56. The standard InChI is InChI=1S/C17H22O2S2/c1-11-12(2)21-17(10-20-11)15(18)5-3-13-4-6-16-14(9-13)7-8-19-16/h4,6,9,11-12,17H,3,5,7-8,10H2,1-2H3. The van der Waals surface area contributed by atoms with Crippen molar-refractivity contribution in [2.45, 2.75) is 48.9 Å². The van der Waals surface area contributed by atoms with Crippen molar-refractivity contribution >= 4 is 29.3 Å². The maximum Gasteiger partial charge on any atom is 0.146 e. The summed E-state index contributed by atoms with van der Waals surface area (Å²) in [5, 5.41) is 1.43. The van der Waals surface area contributed by atoms with Crippen LogP contribution in [0.5, 0.6) is 5.75 Å². The Bertz CT molecular complexity index is 530. The highest BCUT2D eigenvalue weighted by molar-refractivity contribution is 8.08.